The summed E-state index contributed by atoms with van der Waals surface area (Å²) in [5.74, 6) is 0.974. The number of halogens is 1. The summed E-state index contributed by atoms with van der Waals surface area (Å²) in [4.78, 5) is 18.3. The molecular formula is C12H11BrN4O2. The fourth-order valence-electron chi connectivity index (χ4n) is 2.15. The fraction of sp³-hybridized carbons (Fsp3) is 0.250. The van der Waals surface area contributed by atoms with Crippen LogP contribution in [0.5, 0.6) is 5.88 Å². The lowest BCUT2D eigenvalue weighted by Gasteiger charge is -2.16. The quantitative estimate of drug-likeness (QED) is 0.844. The molecule has 3 heterocycles. The summed E-state index contributed by atoms with van der Waals surface area (Å²) in [6.45, 7) is 1.29. The summed E-state index contributed by atoms with van der Waals surface area (Å²) < 4.78 is 7.74. The molecule has 0 radical (unpaired) electrons. The molecule has 0 spiro atoms. The van der Waals surface area contributed by atoms with Gasteiger partial charge in [0, 0.05) is 12.7 Å². The fourth-order valence-corrected chi connectivity index (χ4v) is 2.66. The van der Waals surface area contributed by atoms with Crippen LogP contribution in [0.1, 0.15) is 10.4 Å². The van der Waals surface area contributed by atoms with Crippen LogP contribution < -0.4 is 9.64 Å². The second kappa shape index (κ2) is 4.65. The molecule has 1 aliphatic rings. The van der Waals surface area contributed by atoms with E-state index >= 15 is 0 Å². The predicted molar refractivity (Wildman–Crippen MR) is 72.4 cm³/mol. The van der Waals surface area contributed by atoms with E-state index in [1.807, 2.05) is 0 Å². The van der Waals surface area contributed by atoms with Crippen LogP contribution in [-0.2, 0) is 6.54 Å². The minimum Gasteiger partial charge on any atom is -0.480 e. The molecule has 2 aromatic rings. The number of amides is 1. The second-order valence-electron chi connectivity index (χ2n) is 4.06. The van der Waals surface area contributed by atoms with E-state index < -0.39 is 0 Å². The summed E-state index contributed by atoms with van der Waals surface area (Å²) >= 11 is 3.41. The molecule has 19 heavy (non-hydrogen) atoms. The third-order valence-corrected chi connectivity index (χ3v) is 3.56. The number of aromatic nitrogens is 3. The summed E-state index contributed by atoms with van der Waals surface area (Å²) in [6, 6.07) is 3.43. The zero-order valence-corrected chi connectivity index (χ0v) is 11.8. The number of ether oxygens (including phenoxy) is 1. The van der Waals surface area contributed by atoms with E-state index in [9.17, 15) is 4.79 Å². The zero-order valence-electron chi connectivity index (χ0n) is 10.2. The van der Waals surface area contributed by atoms with Gasteiger partial charge in [-0.2, -0.15) is 5.10 Å². The van der Waals surface area contributed by atoms with Gasteiger partial charge in [0.05, 0.1) is 24.3 Å². The predicted octanol–water partition coefficient (Wildman–Crippen LogP) is 1.71. The standard InChI is InChI=1S/C12H11BrN4O2/c1-19-10-8(3-2-4-14-10)12(18)16-5-6-17-11(16)9(13)7-15-17/h2-4,7H,5-6H2,1H3. The van der Waals surface area contributed by atoms with Crippen molar-refractivity contribution < 1.29 is 9.53 Å². The summed E-state index contributed by atoms with van der Waals surface area (Å²) in [7, 11) is 1.50. The molecule has 0 saturated carbocycles. The number of hydrogen-bond donors (Lipinski definition) is 0. The maximum absolute atomic E-state index is 12.6. The van der Waals surface area contributed by atoms with Crippen LogP contribution in [0.4, 0.5) is 5.82 Å². The van der Waals surface area contributed by atoms with Crippen LogP contribution in [0.25, 0.3) is 0 Å². The Kier molecular flexibility index (Phi) is 2.98. The summed E-state index contributed by atoms with van der Waals surface area (Å²) in [5, 5.41) is 4.19. The molecular weight excluding hydrogens is 312 g/mol. The number of rotatable bonds is 2. The Hall–Kier alpha value is -1.89. The highest BCUT2D eigenvalue weighted by molar-refractivity contribution is 9.10. The van der Waals surface area contributed by atoms with Crippen molar-refractivity contribution in [2.45, 2.75) is 6.54 Å². The van der Waals surface area contributed by atoms with Crippen molar-refractivity contribution in [2.75, 3.05) is 18.6 Å². The van der Waals surface area contributed by atoms with Crippen molar-refractivity contribution >= 4 is 27.7 Å². The number of nitrogens with zero attached hydrogens (tertiary/aromatic N) is 4. The Morgan fingerprint density at radius 2 is 2.32 bits per heavy atom. The lowest BCUT2D eigenvalue weighted by atomic mass is 10.2. The van der Waals surface area contributed by atoms with Gasteiger partial charge in [0.15, 0.2) is 0 Å². The number of methoxy groups -OCH3 is 1. The first-order valence-corrected chi connectivity index (χ1v) is 6.54. The Bertz CT molecular complexity index is 640. The van der Waals surface area contributed by atoms with Crippen LogP contribution in [0.3, 0.4) is 0 Å². The minimum absolute atomic E-state index is 0.134. The Morgan fingerprint density at radius 3 is 3.11 bits per heavy atom. The molecule has 0 aliphatic carbocycles. The zero-order chi connectivity index (χ0) is 13.4. The molecule has 0 unspecified atom stereocenters. The van der Waals surface area contributed by atoms with Crippen molar-refractivity contribution in [1.82, 2.24) is 14.8 Å². The molecule has 3 rings (SSSR count). The molecule has 1 aliphatic heterocycles. The Balaban J connectivity index is 2.00. The third kappa shape index (κ3) is 1.90. The topological polar surface area (TPSA) is 60.2 Å². The van der Waals surface area contributed by atoms with E-state index in [1.54, 1.807) is 34.1 Å². The lowest BCUT2D eigenvalue weighted by molar-refractivity contribution is 0.0985. The van der Waals surface area contributed by atoms with Gasteiger partial charge in [-0.3, -0.25) is 9.69 Å². The van der Waals surface area contributed by atoms with Crippen molar-refractivity contribution in [3.05, 3.63) is 34.6 Å². The van der Waals surface area contributed by atoms with Gasteiger partial charge < -0.3 is 4.74 Å². The average Bonchev–Trinajstić information content (AvgIpc) is 3.01. The molecule has 0 atom stereocenters. The molecule has 7 heteroatoms. The van der Waals surface area contributed by atoms with E-state index in [1.165, 1.54) is 7.11 Å². The molecule has 0 N–H and O–H groups in total. The largest absolute Gasteiger partial charge is 0.480 e. The first-order valence-electron chi connectivity index (χ1n) is 5.74. The molecule has 0 aromatic carbocycles. The number of hydrogen-bond acceptors (Lipinski definition) is 4. The molecule has 0 saturated heterocycles. The second-order valence-corrected chi connectivity index (χ2v) is 4.91. The van der Waals surface area contributed by atoms with Gasteiger partial charge in [-0.05, 0) is 28.1 Å². The summed E-state index contributed by atoms with van der Waals surface area (Å²) in [6.07, 6.45) is 3.29. The number of carbonyl (C=O) groups is 1. The Morgan fingerprint density at radius 1 is 1.47 bits per heavy atom. The smallest absolute Gasteiger partial charge is 0.265 e. The van der Waals surface area contributed by atoms with Gasteiger partial charge in [-0.25, -0.2) is 9.67 Å². The molecule has 6 nitrogen and oxygen atoms in total. The van der Waals surface area contributed by atoms with E-state index in [0.717, 1.165) is 10.3 Å². The molecule has 98 valence electrons. The van der Waals surface area contributed by atoms with Crippen LogP contribution in [0, 0.1) is 0 Å². The molecule has 1 amide bonds. The third-order valence-electron chi connectivity index (χ3n) is 3.00. The van der Waals surface area contributed by atoms with E-state index in [0.29, 0.717) is 24.5 Å². The lowest BCUT2D eigenvalue weighted by Crippen LogP contribution is -2.29. The summed E-state index contributed by atoms with van der Waals surface area (Å²) in [5.41, 5.74) is 0.451. The highest BCUT2D eigenvalue weighted by atomic mass is 79.9. The number of anilines is 1. The minimum atomic E-state index is -0.134. The SMILES string of the molecule is COc1ncccc1C(=O)N1CCn2ncc(Br)c21. The van der Waals surface area contributed by atoms with Gasteiger partial charge in [0.1, 0.15) is 11.4 Å². The maximum atomic E-state index is 12.6. The van der Waals surface area contributed by atoms with Crippen LogP contribution in [-0.4, -0.2) is 34.3 Å². The number of fused-ring (bicyclic) bond motifs is 1. The molecule has 0 fully saturated rings. The van der Waals surface area contributed by atoms with Crippen LogP contribution in [0.2, 0.25) is 0 Å². The first-order chi connectivity index (χ1) is 9.22. The van der Waals surface area contributed by atoms with Crippen LogP contribution >= 0.6 is 15.9 Å². The van der Waals surface area contributed by atoms with Crippen LogP contribution in [0.15, 0.2) is 29.0 Å². The monoisotopic (exact) mass is 322 g/mol. The molecule has 2 aromatic heterocycles. The van der Waals surface area contributed by atoms with Gasteiger partial charge in [0.2, 0.25) is 5.88 Å². The first kappa shape index (κ1) is 12.2. The van der Waals surface area contributed by atoms with Gasteiger partial charge in [-0.15, -0.1) is 0 Å². The highest BCUT2D eigenvalue weighted by Crippen LogP contribution is 2.32. The molecule has 0 bridgehead atoms. The van der Waals surface area contributed by atoms with E-state index in [4.69, 9.17) is 4.74 Å². The van der Waals surface area contributed by atoms with E-state index in [-0.39, 0.29) is 5.91 Å². The van der Waals surface area contributed by atoms with Crippen molar-refractivity contribution in [1.29, 1.82) is 0 Å². The van der Waals surface area contributed by atoms with Crippen molar-refractivity contribution in [2.24, 2.45) is 0 Å². The number of carbonyl (C=O) groups excluding carboxylic acids is 1. The highest BCUT2D eigenvalue weighted by Gasteiger charge is 2.30. The Labute approximate surface area is 118 Å². The van der Waals surface area contributed by atoms with Gasteiger partial charge in [-0.1, -0.05) is 0 Å². The maximum Gasteiger partial charge on any atom is 0.265 e. The van der Waals surface area contributed by atoms with Gasteiger partial charge >= 0.3 is 0 Å². The number of pyridine rings is 1. The van der Waals surface area contributed by atoms with E-state index in [2.05, 4.69) is 26.0 Å². The normalized spacial score (nSPS) is 13.5. The van der Waals surface area contributed by atoms with Crippen molar-refractivity contribution in [3.8, 4) is 5.88 Å². The van der Waals surface area contributed by atoms with Gasteiger partial charge in [0.25, 0.3) is 5.91 Å². The average molecular weight is 323 g/mol. The van der Waals surface area contributed by atoms with Crippen molar-refractivity contribution in [3.63, 3.8) is 0 Å².